The van der Waals surface area contributed by atoms with Crippen molar-refractivity contribution in [1.82, 2.24) is 35.4 Å². The van der Waals surface area contributed by atoms with Crippen molar-refractivity contribution in [1.29, 1.82) is 0 Å². The van der Waals surface area contributed by atoms with Crippen LogP contribution in [0.5, 0.6) is 0 Å². The molecule has 3 atom stereocenters. The number of carboxylic acids is 2. The molecule has 5 rings (SSSR count). The molecule has 0 aromatic carbocycles. The van der Waals surface area contributed by atoms with Crippen LogP contribution in [0.15, 0.2) is 39.1 Å². The Labute approximate surface area is 237 Å². The maximum atomic E-state index is 13.2. The number of rotatable bonds is 11. The van der Waals surface area contributed by atoms with Gasteiger partial charge in [-0.15, -0.1) is 28.2 Å². The lowest BCUT2D eigenvalue weighted by Crippen LogP contribution is -2.71. The zero-order chi connectivity index (χ0) is 28.4. The summed E-state index contributed by atoms with van der Waals surface area (Å²) in [7, 11) is 0. The van der Waals surface area contributed by atoms with Crippen LogP contribution in [0.3, 0.4) is 0 Å². The molecule has 0 spiro atoms. The van der Waals surface area contributed by atoms with Gasteiger partial charge < -0.3 is 26.1 Å². The summed E-state index contributed by atoms with van der Waals surface area (Å²) in [4.78, 5) is 60.2. The van der Waals surface area contributed by atoms with Crippen LogP contribution < -0.4 is 11.1 Å². The molecule has 0 radical (unpaired) electrons. The highest BCUT2D eigenvalue weighted by atomic mass is 32.2. The number of hydrogen-bond acceptors (Lipinski definition) is 14. The van der Waals surface area contributed by atoms with Crippen molar-refractivity contribution in [3.05, 3.63) is 34.5 Å². The molecule has 1 aliphatic carbocycles. The van der Waals surface area contributed by atoms with Gasteiger partial charge in [0.1, 0.15) is 35.5 Å². The van der Waals surface area contributed by atoms with Crippen molar-refractivity contribution in [2.45, 2.75) is 42.1 Å². The minimum Gasteiger partial charge on any atom is -0.480 e. The number of hydrogen-bond donors (Lipinski definition) is 4. The average Bonchev–Trinajstić information content (AvgIpc) is 3.68. The van der Waals surface area contributed by atoms with E-state index in [1.165, 1.54) is 11.8 Å². The molecule has 40 heavy (non-hydrogen) atoms. The first-order chi connectivity index (χ1) is 19.2. The third-order valence-corrected chi connectivity index (χ3v) is 8.98. The number of nitrogens with one attached hydrogen (secondary N) is 1. The third kappa shape index (κ3) is 5.65. The number of amides is 2. The van der Waals surface area contributed by atoms with Crippen molar-refractivity contribution in [3.8, 4) is 0 Å². The molecule has 4 heterocycles. The maximum absolute atomic E-state index is 13.2. The van der Waals surface area contributed by atoms with Crippen LogP contribution in [0.25, 0.3) is 0 Å². The standard InChI is InChI=1S/C21H21N9O7S3/c22-20-23-11(8-39-20)13(26-37-10-3-1-2-4-10)16(33)24-14-17(34)30-15(19(35)36)9(6-38-18(14)30)7-40-21-25-27-28-29(21)5-12(31)32/h1,3,8,10,14,18H,2,4-7H2,(H2,22,23)(H,24,33)(H,31,32)(H,35,36)/b26-13-/t10?,14?,18-/m1/s1. The molecule has 3 aliphatic rings. The predicted molar refractivity (Wildman–Crippen MR) is 142 cm³/mol. The lowest BCUT2D eigenvalue weighted by Gasteiger charge is -2.49. The van der Waals surface area contributed by atoms with Gasteiger partial charge in [-0.2, -0.15) is 0 Å². The van der Waals surface area contributed by atoms with E-state index in [1.54, 1.807) is 5.38 Å². The fourth-order valence-electron chi connectivity index (χ4n) is 4.10. The van der Waals surface area contributed by atoms with E-state index >= 15 is 0 Å². The summed E-state index contributed by atoms with van der Waals surface area (Å²) in [6.45, 7) is -0.454. The molecule has 1 saturated heterocycles. The molecule has 0 saturated carbocycles. The van der Waals surface area contributed by atoms with Crippen molar-refractivity contribution >= 4 is 69.5 Å². The van der Waals surface area contributed by atoms with Gasteiger partial charge in [-0.05, 0) is 34.9 Å². The first kappa shape index (κ1) is 27.6. The Morgan fingerprint density at radius 2 is 2.15 bits per heavy atom. The predicted octanol–water partition coefficient (Wildman–Crippen LogP) is -0.233. The molecule has 2 aromatic rings. The minimum atomic E-state index is -1.30. The molecule has 5 N–H and O–H groups in total. The molecule has 0 bridgehead atoms. The average molecular weight is 608 g/mol. The summed E-state index contributed by atoms with van der Waals surface area (Å²) >= 11 is 3.45. The van der Waals surface area contributed by atoms with Crippen LogP contribution >= 0.6 is 34.9 Å². The Balaban J connectivity index is 1.29. The second-order valence-electron chi connectivity index (χ2n) is 8.58. The maximum Gasteiger partial charge on any atom is 0.352 e. The van der Waals surface area contributed by atoms with E-state index in [0.717, 1.165) is 39.1 Å². The highest BCUT2D eigenvalue weighted by Gasteiger charge is 2.54. The second kappa shape index (κ2) is 11.6. The van der Waals surface area contributed by atoms with E-state index < -0.39 is 41.7 Å². The van der Waals surface area contributed by atoms with Crippen molar-refractivity contribution in [3.63, 3.8) is 0 Å². The van der Waals surface area contributed by atoms with E-state index in [9.17, 15) is 24.3 Å². The number of carboxylic acid groups (broad SMARTS) is 2. The summed E-state index contributed by atoms with van der Waals surface area (Å²) in [5.41, 5.74) is 6.01. The van der Waals surface area contributed by atoms with Crippen LogP contribution in [0, 0.1) is 0 Å². The molecular weight excluding hydrogens is 586 g/mol. The molecule has 16 nitrogen and oxygen atoms in total. The normalized spacial score (nSPS) is 22.2. The van der Waals surface area contributed by atoms with Crippen LogP contribution in [-0.2, 0) is 30.6 Å². The number of thiazole rings is 1. The van der Waals surface area contributed by atoms with E-state index in [1.807, 2.05) is 12.2 Å². The number of tetrazole rings is 1. The van der Waals surface area contributed by atoms with Crippen LogP contribution in [0.2, 0.25) is 0 Å². The number of nitrogens with zero attached hydrogens (tertiary/aromatic N) is 7. The number of thioether (sulfide) groups is 2. The molecule has 19 heteroatoms. The molecule has 2 aliphatic heterocycles. The zero-order valence-corrected chi connectivity index (χ0v) is 22.8. The number of β-lactam (4-membered cyclic amide) rings is 1. The Kier molecular flexibility index (Phi) is 8.03. The van der Waals surface area contributed by atoms with E-state index in [2.05, 4.69) is 31.0 Å². The first-order valence-corrected chi connectivity index (χ1v) is 14.6. The van der Waals surface area contributed by atoms with Crippen molar-refractivity contribution in [2.75, 3.05) is 17.2 Å². The highest BCUT2D eigenvalue weighted by molar-refractivity contribution is 8.01. The fraction of sp³-hybridized carbons (Fsp3) is 0.381. The van der Waals surface area contributed by atoms with Gasteiger partial charge >= 0.3 is 11.9 Å². The number of anilines is 1. The van der Waals surface area contributed by atoms with Gasteiger partial charge in [-0.3, -0.25) is 19.3 Å². The van der Waals surface area contributed by atoms with E-state index in [-0.39, 0.29) is 45.0 Å². The van der Waals surface area contributed by atoms with Gasteiger partial charge in [0.25, 0.3) is 11.8 Å². The number of fused-ring (bicyclic) bond motifs is 1. The largest absolute Gasteiger partial charge is 0.480 e. The Morgan fingerprint density at radius 3 is 2.83 bits per heavy atom. The number of nitrogens with two attached hydrogens (primary N) is 1. The molecule has 2 aromatic heterocycles. The van der Waals surface area contributed by atoms with Gasteiger partial charge in [0.15, 0.2) is 10.8 Å². The minimum absolute atomic E-state index is 0.108. The summed E-state index contributed by atoms with van der Waals surface area (Å²) in [5.74, 6) is -3.39. The Bertz CT molecular complexity index is 1450. The van der Waals surface area contributed by atoms with Gasteiger partial charge in [0, 0.05) is 16.9 Å². The Morgan fingerprint density at radius 1 is 1.32 bits per heavy atom. The van der Waals surface area contributed by atoms with E-state index in [0.29, 0.717) is 12.0 Å². The lowest BCUT2D eigenvalue weighted by atomic mass is 10.0. The number of aromatic nitrogens is 5. The van der Waals surface area contributed by atoms with Crippen LogP contribution in [0.1, 0.15) is 18.5 Å². The highest BCUT2D eigenvalue weighted by Crippen LogP contribution is 2.41. The monoisotopic (exact) mass is 607 g/mol. The number of allylic oxidation sites excluding steroid dienone is 1. The fourth-order valence-corrected chi connectivity index (χ4v) is 7.01. The summed E-state index contributed by atoms with van der Waals surface area (Å²) < 4.78 is 1.08. The molecular formula is C21H21N9O7S3. The van der Waals surface area contributed by atoms with Crippen molar-refractivity contribution < 1.29 is 34.2 Å². The summed E-state index contributed by atoms with van der Waals surface area (Å²) in [6, 6.07) is -1.00. The third-order valence-electron chi connectivity index (χ3n) is 5.92. The number of aliphatic carboxylic acids is 2. The van der Waals surface area contributed by atoms with Gasteiger partial charge in [0.2, 0.25) is 5.16 Å². The van der Waals surface area contributed by atoms with Crippen LogP contribution in [-0.4, -0.2) is 98.8 Å². The zero-order valence-electron chi connectivity index (χ0n) is 20.4. The van der Waals surface area contributed by atoms with Gasteiger partial charge in [-0.25, -0.2) is 14.5 Å². The topological polar surface area (TPSA) is 228 Å². The number of carbonyl (C=O) groups is 4. The quantitative estimate of drug-likeness (QED) is 0.0850. The SMILES string of the molecule is Nc1nc(/C(=N/OC2C=CCC2)C(=O)NC2C(=O)N3C(C(=O)O)=C(CSc4nnnn4CC(=O)O)CS[C@H]23)cs1. The number of carbonyl (C=O) groups excluding carboxylic acids is 2. The van der Waals surface area contributed by atoms with Gasteiger partial charge in [-0.1, -0.05) is 23.0 Å². The summed E-state index contributed by atoms with van der Waals surface area (Å²) in [6.07, 6.45) is 5.03. The lowest BCUT2D eigenvalue weighted by molar-refractivity contribution is -0.150. The Hall–Kier alpha value is -3.97. The molecule has 1 fully saturated rings. The van der Waals surface area contributed by atoms with E-state index in [4.69, 9.17) is 15.7 Å². The number of oxime groups is 1. The molecule has 210 valence electrons. The summed E-state index contributed by atoms with van der Waals surface area (Å²) in [5, 5.41) is 37.7. The smallest absolute Gasteiger partial charge is 0.352 e. The number of nitrogen functional groups attached to an aromatic ring is 1. The molecule has 2 unspecified atom stereocenters. The van der Waals surface area contributed by atoms with Crippen LogP contribution in [0.4, 0.5) is 5.13 Å². The first-order valence-electron chi connectivity index (χ1n) is 11.7. The van der Waals surface area contributed by atoms with Crippen molar-refractivity contribution in [2.24, 2.45) is 5.16 Å². The molecule has 2 amide bonds. The second-order valence-corrected chi connectivity index (χ2v) is 11.5. The van der Waals surface area contributed by atoms with Gasteiger partial charge in [0.05, 0.1) is 0 Å².